The van der Waals surface area contributed by atoms with Crippen molar-refractivity contribution < 1.29 is 32.3 Å². The van der Waals surface area contributed by atoms with Gasteiger partial charge in [-0.25, -0.2) is 12.8 Å². The molecule has 0 aliphatic carbocycles. The lowest BCUT2D eigenvalue weighted by Gasteiger charge is -2.30. The zero-order valence-corrected chi connectivity index (χ0v) is 20.1. The van der Waals surface area contributed by atoms with Crippen molar-refractivity contribution in [1.82, 2.24) is 14.5 Å². The maximum atomic E-state index is 13.3. The highest BCUT2D eigenvalue weighted by Crippen LogP contribution is 2.30. The number of nitrogens with one attached hydrogen (secondary N) is 1. The second-order valence-electron chi connectivity index (χ2n) is 7.49. The number of amides is 2. The lowest BCUT2D eigenvalue weighted by Crippen LogP contribution is -2.54. The Kier molecular flexibility index (Phi) is 7.81. The minimum atomic E-state index is -4.30. The van der Waals surface area contributed by atoms with Crippen molar-refractivity contribution >= 4 is 51.0 Å². The second-order valence-corrected chi connectivity index (χ2v) is 10.2. The van der Waals surface area contributed by atoms with Crippen LogP contribution in [-0.2, 0) is 24.4 Å². The summed E-state index contributed by atoms with van der Waals surface area (Å²) in [5.41, 5.74) is 0.295. The summed E-state index contributed by atoms with van der Waals surface area (Å²) >= 11 is 11.8. The number of hydrogen-bond donors (Lipinski definition) is 2. The zero-order valence-electron chi connectivity index (χ0n) is 17.7. The molecule has 1 aliphatic heterocycles. The molecule has 182 valence electrons. The van der Waals surface area contributed by atoms with E-state index in [4.69, 9.17) is 23.2 Å². The fraction of sp³-hybridized carbons (Fsp3) is 0.286. The van der Waals surface area contributed by atoms with Crippen molar-refractivity contribution in [3.8, 4) is 0 Å². The fourth-order valence-electron chi connectivity index (χ4n) is 3.60. The number of carboxylic acids is 1. The zero-order chi connectivity index (χ0) is 25.2. The van der Waals surface area contributed by atoms with Gasteiger partial charge in [0.2, 0.25) is 15.9 Å². The molecule has 3 rings (SSSR count). The van der Waals surface area contributed by atoms with E-state index in [0.29, 0.717) is 5.56 Å². The molecule has 34 heavy (non-hydrogen) atoms. The smallest absolute Gasteiger partial charge is 0.305 e. The minimum absolute atomic E-state index is 0.0100. The SMILES string of the molecule is CC(=O)N1CCN(S(=O)(=O)c2ccc(Cl)c(Cl)c2)C1C(=O)NC(CC(=O)O)c1ccc(F)cc1. The van der Waals surface area contributed by atoms with Crippen LogP contribution in [0.5, 0.6) is 0 Å². The fourth-order valence-corrected chi connectivity index (χ4v) is 5.54. The van der Waals surface area contributed by atoms with Gasteiger partial charge in [-0.15, -0.1) is 0 Å². The van der Waals surface area contributed by atoms with Gasteiger partial charge in [0, 0.05) is 20.0 Å². The van der Waals surface area contributed by atoms with E-state index in [-0.39, 0.29) is 28.0 Å². The van der Waals surface area contributed by atoms with Gasteiger partial charge < -0.3 is 15.3 Å². The van der Waals surface area contributed by atoms with Gasteiger partial charge in [0.1, 0.15) is 5.82 Å². The lowest BCUT2D eigenvalue weighted by atomic mass is 10.0. The third-order valence-corrected chi connectivity index (χ3v) is 7.82. The predicted octanol–water partition coefficient (Wildman–Crippen LogP) is 2.64. The average Bonchev–Trinajstić information content (AvgIpc) is 3.22. The molecule has 2 unspecified atom stereocenters. The first-order valence-corrected chi connectivity index (χ1v) is 12.1. The van der Waals surface area contributed by atoms with Crippen LogP contribution in [-0.4, -0.2) is 59.8 Å². The van der Waals surface area contributed by atoms with Gasteiger partial charge in [-0.3, -0.25) is 14.4 Å². The average molecular weight is 532 g/mol. The summed E-state index contributed by atoms with van der Waals surface area (Å²) in [6.45, 7) is 0.943. The van der Waals surface area contributed by atoms with E-state index in [1.165, 1.54) is 31.2 Å². The summed E-state index contributed by atoms with van der Waals surface area (Å²) in [7, 11) is -4.30. The van der Waals surface area contributed by atoms with E-state index < -0.39 is 52.3 Å². The molecule has 1 saturated heterocycles. The Balaban J connectivity index is 1.96. The summed E-state index contributed by atoms with van der Waals surface area (Å²) in [4.78, 5) is 37.7. The molecular weight excluding hydrogens is 512 g/mol. The number of carbonyl (C=O) groups excluding carboxylic acids is 2. The number of aliphatic carboxylic acids is 1. The van der Waals surface area contributed by atoms with Crippen LogP contribution < -0.4 is 5.32 Å². The van der Waals surface area contributed by atoms with Crippen molar-refractivity contribution in [2.75, 3.05) is 13.1 Å². The topological polar surface area (TPSA) is 124 Å². The Hall–Kier alpha value is -2.73. The maximum absolute atomic E-state index is 13.3. The molecular formula is C21H20Cl2FN3O6S. The third-order valence-electron chi connectivity index (χ3n) is 5.23. The molecule has 1 aliphatic rings. The number of halogens is 3. The van der Waals surface area contributed by atoms with Crippen molar-refractivity contribution in [1.29, 1.82) is 0 Å². The number of rotatable bonds is 7. The molecule has 9 nitrogen and oxygen atoms in total. The van der Waals surface area contributed by atoms with Gasteiger partial charge in [0.25, 0.3) is 5.91 Å². The van der Waals surface area contributed by atoms with Crippen LogP contribution in [0.25, 0.3) is 0 Å². The van der Waals surface area contributed by atoms with E-state index in [1.54, 1.807) is 0 Å². The quantitative estimate of drug-likeness (QED) is 0.565. The summed E-state index contributed by atoms with van der Waals surface area (Å²) < 4.78 is 40.8. The van der Waals surface area contributed by atoms with Crippen LogP contribution in [0, 0.1) is 5.82 Å². The Morgan fingerprint density at radius 1 is 1.12 bits per heavy atom. The normalized spacial score (nSPS) is 17.4. The predicted molar refractivity (Wildman–Crippen MR) is 121 cm³/mol. The molecule has 1 heterocycles. The molecule has 13 heteroatoms. The maximum Gasteiger partial charge on any atom is 0.305 e. The van der Waals surface area contributed by atoms with Crippen LogP contribution in [0.2, 0.25) is 10.0 Å². The van der Waals surface area contributed by atoms with Crippen molar-refractivity contribution in [3.63, 3.8) is 0 Å². The number of benzene rings is 2. The summed E-state index contributed by atoms with van der Waals surface area (Å²) in [5.74, 6) is -3.26. The van der Waals surface area contributed by atoms with E-state index in [9.17, 15) is 32.3 Å². The van der Waals surface area contributed by atoms with Gasteiger partial charge >= 0.3 is 5.97 Å². The molecule has 0 radical (unpaired) electrons. The lowest BCUT2D eigenvalue weighted by molar-refractivity contribution is -0.141. The standard InChI is InChI=1S/C21H20Cl2FN3O6S/c1-12(28)26-8-9-27(34(32,33)15-6-7-16(22)17(23)10-15)21(26)20(31)25-18(11-19(29)30)13-2-4-14(24)5-3-13/h2-7,10,18,21H,8-9,11H2,1H3,(H,25,31)(H,29,30). The summed E-state index contributed by atoms with van der Waals surface area (Å²) in [6.07, 6.45) is -2.13. The van der Waals surface area contributed by atoms with Gasteiger partial charge in [0.05, 0.1) is 27.4 Å². The molecule has 0 saturated carbocycles. The van der Waals surface area contributed by atoms with Crippen LogP contribution in [0.4, 0.5) is 4.39 Å². The van der Waals surface area contributed by atoms with Crippen LogP contribution in [0.15, 0.2) is 47.4 Å². The van der Waals surface area contributed by atoms with E-state index >= 15 is 0 Å². The van der Waals surface area contributed by atoms with Crippen LogP contribution >= 0.6 is 23.2 Å². The number of sulfonamides is 1. The van der Waals surface area contributed by atoms with Crippen molar-refractivity contribution in [2.45, 2.75) is 30.4 Å². The Labute approximate surface area is 205 Å². The molecule has 2 aromatic carbocycles. The first-order chi connectivity index (χ1) is 15.9. The highest BCUT2D eigenvalue weighted by molar-refractivity contribution is 7.89. The molecule has 2 aromatic rings. The van der Waals surface area contributed by atoms with Gasteiger partial charge in [-0.1, -0.05) is 35.3 Å². The Morgan fingerprint density at radius 3 is 2.32 bits per heavy atom. The molecule has 0 spiro atoms. The van der Waals surface area contributed by atoms with Crippen LogP contribution in [0.1, 0.15) is 24.9 Å². The highest BCUT2D eigenvalue weighted by Gasteiger charge is 2.46. The largest absolute Gasteiger partial charge is 0.481 e. The number of nitrogens with zero attached hydrogens (tertiary/aromatic N) is 2. The van der Waals surface area contributed by atoms with Gasteiger partial charge in [0.15, 0.2) is 6.17 Å². The molecule has 2 amide bonds. The summed E-state index contributed by atoms with van der Waals surface area (Å²) in [6, 6.07) is 7.38. The second kappa shape index (κ2) is 10.3. The van der Waals surface area contributed by atoms with E-state index in [2.05, 4.69) is 5.32 Å². The van der Waals surface area contributed by atoms with Gasteiger partial charge in [-0.05, 0) is 35.9 Å². The highest BCUT2D eigenvalue weighted by atomic mass is 35.5. The molecule has 0 aromatic heterocycles. The van der Waals surface area contributed by atoms with Crippen LogP contribution in [0.3, 0.4) is 0 Å². The first kappa shape index (κ1) is 25.9. The number of hydrogen-bond acceptors (Lipinski definition) is 5. The van der Waals surface area contributed by atoms with Crippen molar-refractivity contribution in [2.24, 2.45) is 0 Å². The Bertz CT molecular complexity index is 1230. The molecule has 2 atom stereocenters. The minimum Gasteiger partial charge on any atom is -0.481 e. The third kappa shape index (κ3) is 5.49. The Morgan fingerprint density at radius 2 is 1.76 bits per heavy atom. The molecule has 1 fully saturated rings. The summed E-state index contributed by atoms with van der Waals surface area (Å²) in [5, 5.41) is 11.9. The number of carboxylic acid groups (broad SMARTS) is 1. The van der Waals surface area contributed by atoms with E-state index in [1.807, 2.05) is 0 Å². The van der Waals surface area contributed by atoms with Crippen molar-refractivity contribution in [3.05, 3.63) is 63.9 Å². The van der Waals surface area contributed by atoms with E-state index in [0.717, 1.165) is 27.4 Å². The molecule has 0 bridgehead atoms. The monoisotopic (exact) mass is 531 g/mol. The van der Waals surface area contributed by atoms with Gasteiger partial charge in [-0.2, -0.15) is 4.31 Å². The molecule has 2 N–H and O–H groups in total. The first-order valence-electron chi connectivity index (χ1n) is 9.93. The number of carbonyl (C=O) groups is 3.